The molecular formula is C12H13BrClN3. The van der Waals surface area contributed by atoms with Crippen LogP contribution in [0.2, 0.25) is 5.02 Å². The van der Waals surface area contributed by atoms with Crippen molar-refractivity contribution < 1.29 is 0 Å². The van der Waals surface area contributed by atoms with Crippen molar-refractivity contribution in [2.24, 2.45) is 0 Å². The topological polar surface area (TPSA) is 29.3 Å². The lowest BCUT2D eigenvalue weighted by Crippen LogP contribution is -2.24. The molecule has 17 heavy (non-hydrogen) atoms. The molecule has 0 saturated carbocycles. The molecule has 1 atom stereocenters. The molecule has 5 heteroatoms. The van der Waals surface area contributed by atoms with Gasteiger partial charge in [0, 0.05) is 18.7 Å². The summed E-state index contributed by atoms with van der Waals surface area (Å²) >= 11 is 9.67. The minimum absolute atomic E-state index is 0.548. The van der Waals surface area contributed by atoms with Crippen molar-refractivity contribution in [1.29, 1.82) is 0 Å². The molecule has 0 aliphatic carbocycles. The van der Waals surface area contributed by atoms with Gasteiger partial charge in [0.2, 0.25) is 0 Å². The quantitative estimate of drug-likeness (QED) is 0.923. The summed E-state index contributed by atoms with van der Waals surface area (Å²) in [4.78, 5) is 4.57. The number of hydrogen-bond donors (Lipinski definition) is 1. The van der Waals surface area contributed by atoms with E-state index in [4.69, 9.17) is 11.6 Å². The highest BCUT2D eigenvalue weighted by molar-refractivity contribution is 9.10. The zero-order valence-corrected chi connectivity index (χ0v) is 11.6. The maximum Gasteiger partial charge on any atom is 0.133 e. The third kappa shape index (κ3) is 2.09. The Morgan fingerprint density at radius 1 is 1.59 bits per heavy atom. The summed E-state index contributed by atoms with van der Waals surface area (Å²) in [6, 6.07) is 4.39. The molecule has 0 aromatic carbocycles. The molecule has 1 aliphatic rings. The van der Waals surface area contributed by atoms with Crippen LogP contribution in [0.5, 0.6) is 0 Å². The van der Waals surface area contributed by atoms with Gasteiger partial charge in [0.25, 0.3) is 0 Å². The van der Waals surface area contributed by atoms with Gasteiger partial charge in [0.15, 0.2) is 0 Å². The molecule has 1 aliphatic heterocycles. The third-order valence-corrected chi connectivity index (χ3v) is 4.09. The summed E-state index contributed by atoms with van der Waals surface area (Å²) in [5.41, 5.74) is 0.960. The predicted octanol–water partition coefficient (Wildman–Crippen LogP) is 3.04. The maximum atomic E-state index is 6.19. The number of imidazole rings is 1. The predicted molar refractivity (Wildman–Crippen MR) is 72.6 cm³/mol. The normalized spacial score (nSPS) is 20.2. The summed E-state index contributed by atoms with van der Waals surface area (Å²) in [6.45, 7) is 1.12. The fourth-order valence-corrected chi connectivity index (χ4v) is 3.39. The minimum Gasteiger partial charge on any atom is -0.314 e. The molecule has 3 heterocycles. The van der Waals surface area contributed by atoms with Gasteiger partial charge in [-0.15, -0.1) is 0 Å². The van der Waals surface area contributed by atoms with Gasteiger partial charge in [0.1, 0.15) is 10.4 Å². The standard InChI is InChI=1S/C12H13BrClN3/c13-12-11-9(14)4-2-6-17(11)10(16-12)7-8-3-1-5-15-8/h2,4,6,8,15H,1,3,5,7H2. The third-order valence-electron chi connectivity index (χ3n) is 3.24. The lowest BCUT2D eigenvalue weighted by atomic mass is 10.1. The van der Waals surface area contributed by atoms with Crippen LogP contribution in [-0.2, 0) is 6.42 Å². The second-order valence-corrected chi connectivity index (χ2v) is 5.55. The number of halogens is 2. The van der Waals surface area contributed by atoms with Crippen LogP contribution in [0.25, 0.3) is 5.52 Å². The highest BCUT2D eigenvalue weighted by Gasteiger charge is 2.19. The number of fused-ring (bicyclic) bond motifs is 1. The van der Waals surface area contributed by atoms with Crippen LogP contribution in [0.1, 0.15) is 18.7 Å². The Morgan fingerprint density at radius 3 is 3.24 bits per heavy atom. The van der Waals surface area contributed by atoms with E-state index in [1.54, 1.807) is 0 Å². The molecule has 0 spiro atoms. The first-order valence-corrected chi connectivity index (χ1v) is 6.97. The maximum absolute atomic E-state index is 6.19. The molecule has 1 N–H and O–H groups in total. The van der Waals surface area contributed by atoms with Crippen molar-refractivity contribution in [3.63, 3.8) is 0 Å². The number of aromatic nitrogens is 2. The van der Waals surface area contributed by atoms with Crippen LogP contribution < -0.4 is 5.32 Å². The van der Waals surface area contributed by atoms with Gasteiger partial charge in [-0.25, -0.2) is 4.98 Å². The molecule has 3 nitrogen and oxygen atoms in total. The number of nitrogens with zero attached hydrogens (tertiary/aromatic N) is 2. The van der Waals surface area contributed by atoms with Crippen LogP contribution in [0.15, 0.2) is 22.9 Å². The van der Waals surface area contributed by atoms with Crippen LogP contribution in [0, 0.1) is 0 Å². The van der Waals surface area contributed by atoms with Crippen LogP contribution in [0.4, 0.5) is 0 Å². The highest BCUT2D eigenvalue weighted by Crippen LogP contribution is 2.27. The van der Waals surface area contributed by atoms with Gasteiger partial charge >= 0.3 is 0 Å². The monoisotopic (exact) mass is 313 g/mol. The number of rotatable bonds is 2. The van der Waals surface area contributed by atoms with Gasteiger partial charge in [-0.05, 0) is 47.4 Å². The van der Waals surface area contributed by atoms with Gasteiger partial charge in [-0.2, -0.15) is 0 Å². The average Bonchev–Trinajstić information content (AvgIpc) is 2.90. The summed E-state index contributed by atoms with van der Waals surface area (Å²) in [5.74, 6) is 1.06. The van der Waals surface area contributed by atoms with Crippen molar-refractivity contribution in [3.05, 3.63) is 33.8 Å². The first kappa shape index (κ1) is 11.5. The van der Waals surface area contributed by atoms with Crippen molar-refractivity contribution in [3.8, 4) is 0 Å². The van der Waals surface area contributed by atoms with Crippen molar-refractivity contribution in [1.82, 2.24) is 14.7 Å². The Kier molecular flexibility index (Phi) is 3.11. The molecule has 0 bridgehead atoms. The molecule has 0 radical (unpaired) electrons. The summed E-state index contributed by atoms with van der Waals surface area (Å²) < 4.78 is 2.91. The smallest absolute Gasteiger partial charge is 0.133 e. The van der Waals surface area contributed by atoms with Gasteiger partial charge in [-0.1, -0.05) is 11.6 Å². The van der Waals surface area contributed by atoms with E-state index in [0.717, 1.165) is 33.9 Å². The van der Waals surface area contributed by atoms with Crippen LogP contribution in [0.3, 0.4) is 0 Å². The summed E-state index contributed by atoms with van der Waals surface area (Å²) in [6.07, 6.45) is 5.46. The van der Waals surface area contributed by atoms with E-state index in [-0.39, 0.29) is 0 Å². The molecule has 90 valence electrons. The Balaban J connectivity index is 2.01. The van der Waals surface area contributed by atoms with E-state index in [0.29, 0.717) is 6.04 Å². The Hall–Kier alpha value is -0.580. The molecule has 2 aromatic rings. The van der Waals surface area contributed by atoms with Gasteiger partial charge < -0.3 is 9.72 Å². The SMILES string of the molecule is Clc1cccn2c(CC3CCCN3)nc(Br)c12. The van der Waals surface area contributed by atoms with Crippen LogP contribution >= 0.6 is 27.5 Å². The first-order chi connectivity index (χ1) is 8.25. The summed E-state index contributed by atoms with van der Waals surface area (Å²) in [7, 11) is 0. The average molecular weight is 315 g/mol. The molecule has 0 amide bonds. The first-order valence-electron chi connectivity index (χ1n) is 5.80. The van der Waals surface area contributed by atoms with Gasteiger partial charge in [-0.3, -0.25) is 0 Å². The molecule has 2 aromatic heterocycles. The van der Waals surface area contributed by atoms with Gasteiger partial charge in [0.05, 0.1) is 10.5 Å². The van der Waals surface area contributed by atoms with E-state index >= 15 is 0 Å². The second-order valence-electron chi connectivity index (χ2n) is 4.39. The number of pyridine rings is 1. The molecule has 1 unspecified atom stereocenters. The van der Waals surface area contributed by atoms with E-state index in [9.17, 15) is 0 Å². The van der Waals surface area contributed by atoms with Crippen molar-refractivity contribution in [2.45, 2.75) is 25.3 Å². The number of nitrogens with one attached hydrogen (secondary N) is 1. The van der Waals surface area contributed by atoms with E-state index in [2.05, 4.69) is 30.6 Å². The minimum atomic E-state index is 0.548. The zero-order chi connectivity index (χ0) is 11.8. The molecule has 1 fully saturated rings. The van der Waals surface area contributed by atoms with Crippen LogP contribution in [-0.4, -0.2) is 22.0 Å². The number of hydrogen-bond acceptors (Lipinski definition) is 2. The molecule has 3 rings (SSSR count). The lowest BCUT2D eigenvalue weighted by Gasteiger charge is -2.08. The lowest BCUT2D eigenvalue weighted by molar-refractivity contribution is 0.584. The Bertz CT molecular complexity index is 546. The zero-order valence-electron chi connectivity index (χ0n) is 9.29. The Morgan fingerprint density at radius 2 is 2.47 bits per heavy atom. The molecule has 1 saturated heterocycles. The summed E-state index contributed by atoms with van der Waals surface area (Å²) in [5, 5.41) is 4.23. The van der Waals surface area contributed by atoms with E-state index in [1.165, 1.54) is 12.8 Å². The highest BCUT2D eigenvalue weighted by atomic mass is 79.9. The molecular weight excluding hydrogens is 302 g/mol. The second kappa shape index (κ2) is 4.59. The van der Waals surface area contributed by atoms with Crippen molar-refractivity contribution in [2.75, 3.05) is 6.54 Å². The van der Waals surface area contributed by atoms with E-state index in [1.807, 2.05) is 18.3 Å². The Labute approximate surface area is 113 Å². The van der Waals surface area contributed by atoms with Crippen molar-refractivity contribution >= 4 is 33.0 Å². The fraction of sp³-hybridized carbons (Fsp3) is 0.417. The van der Waals surface area contributed by atoms with E-state index < -0.39 is 0 Å². The fourth-order valence-electron chi connectivity index (χ4n) is 2.41. The largest absolute Gasteiger partial charge is 0.314 e.